The zero-order valence-corrected chi connectivity index (χ0v) is 19.0. The molecule has 3 rings (SSSR count). The molecule has 0 aliphatic carbocycles. The number of likely N-dealkylation sites (N-methyl/N-ethyl adjacent to an activating group) is 1. The van der Waals surface area contributed by atoms with Crippen molar-refractivity contribution in [1.29, 1.82) is 0 Å². The predicted octanol–water partition coefficient (Wildman–Crippen LogP) is 1.27. The Morgan fingerprint density at radius 2 is 1.84 bits per heavy atom. The number of nitrogens with one attached hydrogen (secondary N) is 1. The quantitative estimate of drug-likeness (QED) is 0.612. The Balaban J connectivity index is 1.66. The number of nitrogens with zero attached hydrogens (tertiary/aromatic N) is 2. The van der Waals surface area contributed by atoms with Crippen molar-refractivity contribution < 1.29 is 22.7 Å². The molecule has 1 unspecified atom stereocenters. The van der Waals surface area contributed by atoms with Crippen molar-refractivity contribution in [2.24, 2.45) is 5.73 Å². The number of amides is 2. The fraction of sp³-hybridized carbons (Fsp3) is 0.364. The van der Waals surface area contributed by atoms with Crippen LogP contribution >= 0.6 is 0 Å². The Bertz CT molecular complexity index is 1080. The van der Waals surface area contributed by atoms with Crippen LogP contribution in [-0.4, -0.2) is 68.8 Å². The van der Waals surface area contributed by atoms with Gasteiger partial charge >= 0.3 is 0 Å². The number of carbonyl (C=O) groups is 2. The number of morpholine rings is 1. The van der Waals surface area contributed by atoms with Gasteiger partial charge in [-0.15, -0.1) is 0 Å². The lowest BCUT2D eigenvalue weighted by atomic mass is 10.1. The van der Waals surface area contributed by atoms with Crippen molar-refractivity contribution in [3.8, 4) is 0 Å². The van der Waals surface area contributed by atoms with E-state index in [0.29, 0.717) is 44.1 Å². The molecule has 172 valence electrons. The van der Waals surface area contributed by atoms with Crippen molar-refractivity contribution in [3.63, 3.8) is 0 Å². The van der Waals surface area contributed by atoms with Gasteiger partial charge in [-0.1, -0.05) is 18.2 Å². The maximum absolute atomic E-state index is 12.9. The van der Waals surface area contributed by atoms with Gasteiger partial charge in [-0.2, -0.15) is 4.31 Å². The van der Waals surface area contributed by atoms with Gasteiger partial charge in [-0.25, -0.2) is 8.42 Å². The maximum atomic E-state index is 12.9. The summed E-state index contributed by atoms with van der Waals surface area (Å²) < 4.78 is 32.3. The minimum absolute atomic E-state index is 0.126. The fourth-order valence-corrected chi connectivity index (χ4v) is 4.82. The van der Waals surface area contributed by atoms with Crippen LogP contribution in [0, 0.1) is 0 Å². The van der Waals surface area contributed by atoms with Crippen LogP contribution in [0.2, 0.25) is 0 Å². The summed E-state index contributed by atoms with van der Waals surface area (Å²) in [6, 6.07) is 12.7. The molecule has 0 radical (unpaired) electrons. The molecule has 9 nitrogen and oxygen atoms in total. The van der Waals surface area contributed by atoms with E-state index in [0.717, 1.165) is 5.56 Å². The van der Waals surface area contributed by atoms with E-state index in [4.69, 9.17) is 10.5 Å². The number of anilines is 1. The van der Waals surface area contributed by atoms with Gasteiger partial charge in [0, 0.05) is 30.9 Å². The molecule has 1 aliphatic rings. The van der Waals surface area contributed by atoms with Crippen LogP contribution in [0.3, 0.4) is 0 Å². The normalized spacial score (nSPS) is 16.0. The summed E-state index contributed by atoms with van der Waals surface area (Å²) in [6.45, 7) is 3.52. The van der Waals surface area contributed by atoms with Crippen molar-refractivity contribution in [3.05, 3.63) is 59.7 Å². The van der Waals surface area contributed by atoms with Gasteiger partial charge in [-0.05, 0) is 49.9 Å². The van der Waals surface area contributed by atoms with Crippen molar-refractivity contribution in [2.75, 3.05) is 38.7 Å². The number of ether oxygens (including phenoxy) is 1. The van der Waals surface area contributed by atoms with Crippen LogP contribution in [0.4, 0.5) is 5.69 Å². The van der Waals surface area contributed by atoms with Crippen LogP contribution in [0.15, 0.2) is 53.4 Å². The third kappa shape index (κ3) is 5.71. The highest BCUT2D eigenvalue weighted by Gasteiger charge is 2.27. The van der Waals surface area contributed by atoms with Gasteiger partial charge in [0.1, 0.15) is 0 Å². The Morgan fingerprint density at radius 3 is 2.53 bits per heavy atom. The fourth-order valence-electron chi connectivity index (χ4n) is 3.37. The van der Waals surface area contributed by atoms with Gasteiger partial charge < -0.3 is 15.8 Å². The third-order valence-corrected chi connectivity index (χ3v) is 7.29. The van der Waals surface area contributed by atoms with E-state index in [-0.39, 0.29) is 10.8 Å². The molecule has 2 aromatic carbocycles. The molecule has 2 aromatic rings. The van der Waals surface area contributed by atoms with E-state index in [2.05, 4.69) is 5.32 Å². The molecule has 10 heteroatoms. The molecule has 1 saturated heterocycles. The lowest BCUT2D eigenvalue weighted by molar-refractivity contribution is -0.120. The maximum Gasteiger partial charge on any atom is 0.248 e. The Hall–Kier alpha value is -2.79. The van der Waals surface area contributed by atoms with Crippen LogP contribution in [0.25, 0.3) is 0 Å². The average molecular weight is 461 g/mol. The number of sulfonamides is 1. The summed E-state index contributed by atoms with van der Waals surface area (Å²) in [7, 11) is -1.86. The van der Waals surface area contributed by atoms with E-state index in [1.54, 1.807) is 44.3 Å². The molecule has 1 aliphatic heterocycles. The minimum atomic E-state index is -3.65. The molecule has 0 saturated carbocycles. The molecule has 0 aromatic heterocycles. The highest BCUT2D eigenvalue weighted by atomic mass is 32.2. The smallest absolute Gasteiger partial charge is 0.248 e. The van der Waals surface area contributed by atoms with E-state index in [1.165, 1.54) is 16.4 Å². The van der Waals surface area contributed by atoms with Crippen LogP contribution in [-0.2, 0) is 26.1 Å². The number of benzene rings is 2. The van der Waals surface area contributed by atoms with Crippen LogP contribution < -0.4 is 11.1 Å². The number of rotatable bonds is 8. The lowest BCUT2D eigenvalue weighted by Gasteiger charge is -2.26. The molecule has 1 atom stereocenters. The average Bonchev–Trinajstić information content (AvgIpc) is 2.79. The molecule has 0 spiro atoms. The Labute approximate surface area is 188 Å². The first-order valence-electron chi connectivity index (χ1n) is 10.3. The molecule has 1 fully saturated rings. The minimum Gasteiger partial charge on any atom is -0.379 e. The number of carbonyl (C=O) groups excluding carboxylic acids is 2. The van der Waals surface area contributed by atoms with Gasteiger partial charge in [0.2, 0.25) is 21.8 Å². The van der Waals surface area contributed by atoms with Gasteiger partial charge in [0.05, 0.1) is 24.2 Å². The standard InChI is InChI=1S/C22H28N4O5S/c1-16(25(2)15-17-5-3-6-18(13-17)21(23)27)22(28)24-19-7-4-8-20(14-19)32(29,30)26-9-11-31-12-10-26/h3-8,13-14,16H,9-12,15H2,1-2H3,(H2,23,27)(H,24,28). The molecule has 1 heterocycles. The Morgan fingerprint density at radius 1 is 1.16 bits per heavy atom. The van der Waals surface area contributed by atoms with Gasteiger partial charge in [-0.3, -0.25) is 14.5 Å². The molecular weight excluding hydrogens is 432 g/mol. The lowest BCUT2D eigenvalue weighted by Crippen LogP contribution is -2.40. The summed E-state index contributed by atoms with van der Waals surface area (Å²) in [5.74, 6) is -0.785. The molecule has 2 amide bonds. The SMILES string of the molecule is CC(C(=O)Nc1cccc(S(=O)(=O)N2CCOCC2)c1)N(C)Cc1cccc(C(N)=O)c1. The highest BCUT2D eigenvalue weighted by Crippen LogP contribution is 2.21. The number of hydrogen-bond donors (Lipinski definition) is 2. The van der Waals surface area contributed by atoms with Gasteiger partial charge in [0.15, 0.2) is 0 Å². The Kier molecular flexibility index (Phi) is 7.62. The summed E-state index contributed by atoms with van der Waals surface area (Å²) >= 11 is 0. The summed E-state index contributed by atoms with van der Waals surface area (Å²) in [5.41, 5.74) is 6.99. The van der Waals surface area contributed by atoms with Gasteiger partial charge in [0.25, 0.3) is 0 Å². The van der Waals surface area contributed by atoms with E-state index in [1.807, 2.05) is 11.0 Å². The topological polar surface area (TPSA) is 122 Å². The largest absolute Gasteiger partial charge is 0.379 e. The summed E-state index contributed by atoms with van der Waals surface area (Å²) in [6.07, 6.45) is 0. The second-order valence-electron chi connectivity index (χ2n) is 7.69. The first kappa shape index (κ1) is 23.9. The van der Waals surface area contributed by atoms with Crippen molar-refractivity contribution in [1.82, 2.24) is 9.21 Å². The first-order valence-corrected chi connectivity index (χ1v) is 11.7. The van der Waals surface area contributed by atoms with Crippen LogP contribution in [0.5, 0.6) is 0 Å². The number of primary amides is 1. The van der Waals surface area contributed by atoms with Crippen molar-refractivity contribution in [2.45, 2.75) is 24.4 Å². The molecule has 0 bridgehead atoms. The second-order valence-corrected chi connectivity index (χ2v) is 9.63. The third-order valence-electron chi connectivity index (χ3n) is 5.39. The number of nitrogens with two attached hydrogens (primary N) is 1. The van der Waals surface area contributed by atoms with Crippen molar-refractivity contribution >= 4 is 27.5 Å². The first-order chi connectivity index (χ1) is 15.2. The summed E-state index contributed by atoms with van der Waals surface area (Å²) in [5, 5.41) is 2.79. The molecule has 3 N–H and O–H groups in total. The monoisotopic (exact) mass is 460 g/mol. The van der Waals surface area contributed by atoms with E-state index >= 15 is 0 Å². The second kappa shape index (κ2) is 10.2. The summed E-state index contributed by atoms with van der Waals surface area (Å²) in [4.78, 5) is 26.1. The number of hydrogen-bond acceptors (Lipinski definition) is 6. The molecular formula is C22H28N4O5S. The van der Waals surface area contributed by atoms with Crippen LogP contribution in [0.1, 0.15) is 22.8 Å². The van der Waals surface area contributed by atoms with E-state index < -0.39 is 22.0 Å². The highest BCUT2D eigenvalue weighted by molar-refractivity contribution is 7.89. The zero-order valence-electron chi connectivity index (χ0n) is 18.2. The molecule has 32 heavy (non-hydrogen) atoms. The predicted molar refractivity (Wildman–Crippen MR) is 121 cm³/mol. The van der Waals surface area contributed by atoms with E-state index in [9.17, 15) is 18.0 Å². The zero-order chi connectivity index (χ0) is 23.3.